The largest absolute Gasteiger partial charge is 0.378 e. The summed E-state index contributed by atoms with van der Waals surface area (Å²) in [4.78, 5) is 6.30. The minimum absolute atomic E-state index is 0.279. The topological polar surface area (TPSA) is 100 Å². The molecular weight excluding hydrogens is 374 g/mol. The molecule has 29 heavy (non-hydrogen) atoms. The van der Waals surface area contributed by atoms with Crippen LogP contribution in [-0.4, -0.2) is 61.1 Å². The van der Waals surface area contributed by atoms with Crippen molar-refractivity contribution in [2.75, 3.05) is 40.5 Å². The lowest BCUT2D eigenvalue weighted by Crippen LogP contribution is -2.44. The third-order valence-corrected chi connectivity index (χ3v) is 5.26. The predicted molar refractivity (Wildman–Crippen MR) is 108 cm³/mol. The fraction of sp³-hybridized carbons (Fsp3) is 0.400. The molecule has 0 spiro atoms. The van der Waals surface area contributed by atoms with Crippen molar-refractivity contribution < 1.29 is 18.7 Å². The number of benzene rings is 1. The zero-order valence-electron chi connectivity index (χ0n) is 16.8. The highest BCUT2D eigenvalue weighted by Crippen LogP contribution is 2.37. The Labute approximate surface area is 168 Å². The van der Waals surface area contributed by atoms with Gasteiger partial charge < -0.3 is 33.9 Å². The maximum Gasteiger partial charge on any atom is 0.258 e. The normalized spacial score (nSPS) is 16.0. The van der Waals surface area contributed by atoms with Crippen molar-refractivity contribution in [2.45, 2.75) is 5.79 Å². The Morgan fingerprint density at radius 2 is 1.90 bits per heavy atom. The number of para-hydroxylation sites is 1. The lowest BCUT2D eigenvalue weighted by Gasteiger charge is -2.29. The molecule has 0 saturated carbocycles. The molecule has 1 aliphatic heterocycles. The molecule has 0 radical (unpaired) electrons. The molecule has 0 aliphatic carbocycles. The second-order valence-electron chi connectivity index (χ2n) is 6.79. The average molecular weight is 399 g/mol. The molecule has 1 saturated heterocycles. The van der Waals surface area contributed by atoms with Crippen molar-refractivity contribution in [3.8, 4) is 0 Å². The number of nitrogens with zero attached hydrogens (tertiary/aromatic N) is 4. The first-order valence-corrected chi connectivity index (χ1v) is 9.38. The van der Waals surface area contributed by atoms with Crippen LogP contribution in [0.4, 0.5) is 5.88 Å². The van der Waals surface area contributed by atoms with Gasteiger partial charge in [-0.1, -0.05) is 23.4 Å². The van der Waals surface area contributed by atoms with Crippen LogP contribution in [0.25, 0.3) is 10.9 Å². The van der Waals surface area contributed by atoms with Crippen LogP contribution >= 0.6 is 0 Å². The molecule has 0 atom stereocenters. The fourth-order valence-corrected chi connectivity index (χ4v) is 3.69. The van der Waals surface area contributed by atoms with E-state index in [1.807, 2.05) is 46.8 Å². The summed E-state index contributed by atoms with van der Waals surface area (Å²) in [6.07, 6.45) is 0. The van der Waals surface area contributed by atoms with Gasteiger partial charge in [-0.15, -0.1) is 0 Å². The molecule has 9 nitrogen and oxygen atoms in total. The number of fused-ring (bicyclic) bond motifs is 1. The molecule has 0 unspecified atom stereocenters. The van der Waals surface area contributed by atoms with E-state index in [1.165, 1.54) is 0 Å². The number of hydrogen-bond donors (Lipinski definition) is 1. The van der Waals surface area contributed by atoms with E-state index in [0.717, 1.165) is 16.6 Å². The molecule has 0 bridgehead atoms. The van der Waals surface area contributed by atoms with E-state index in [9.17, 15) is 0 Å². The van der Waals surface area contributed by atoms with E-state index in [2.05, 4.69) is 10.1 Å². The Kier molecular flexibility index (Phi) is 5.27. The maximum atomic E-state index is 6.12. The summed E-state index contributed by atoms with van der Waals surface area (Å²) in [7, 11) is 5.10. The summed E-state index contributed by atoms with van der Waals surface area (Å²) in [6, 6.07) is 11.8. The number of aryl methyl sites for hydroxylation is 1. The highest BCUT2D eigenvalue weighted by Gasteiger charge is 2.41. The number of hydrogen-bond acceptors (Lipinski definition) is 6. The van der Waals surface area contributed by atoms with Crippen molar-refractivity contribution in [3.63, 3.8) is 0 Å². The van der Waals surface area contributed by atoms with E-state index in [-0.39, 0.29) is 5.88 Å². The molecular formula is C20H25N5O4. The van der Waals surface area contributed by atoms with Crippen molar-refractivity contribution in [2.24, 2.45) is 17.8 Å². The minimum Gasteiger partial charge on any atom is -0.378 e. The molecule has 1 aliphatic rings. The smallest absolute Gasteiger partial charge is 0.258 e. The number of nitrogens with two attached hydrogens (primary N) is 1. The Balaban J connectivity index is 1.71. The highest BCUT2D eigenvalue weighted by molar-refractivity contribution is 5.82. The van der Waals surface area contributed by atoms with Crippen LogP contribution in [0.2, 0.25) is 0 Å². The van der Waals surface area contributed by atoms with E-state index in [0.29, 0.717) is 38.0 Å². The van der Waals surface area contributed by atoms with E-state index < -0.39 is 5.79 Å². The Morgan fingerprint density at radius 1 is 1.17 bits per heavy atom. The molecule has 0 amide bonds. The number of rotatable bonds is 5. The SMILES string of the molecule is COC(OC)(c1cc(/N=C(/N)N2CCOCC2)on1)c1cc2ccccc2n1C. The van der Waals surface area contributed by atoms with Crippen LogP contribution in [0.15, 0.2) is 45.9 Å². The summed E-state index contributed by atoms with van der Waals surface area (Å²) in [6.45, 7) is 2.61. The molecule has 154 valence electrons. The third kappa shape index (κ3) is 3.37. The van der Waals surface area contributed by atoms with Gasteiger partial charge in [0.2, 0.25) is 0 Å². The van der Waals surface area contributed by atoms with Gasteiger partial charge in [-0.05, 0) is 12.1 Å². The zero-order valence-corrected chi connectivity index (χ0v) is 16.8. The molecule has 3 heterocycles. The zero-order chi connectivity index (χ0) is 20.4. The van der Waals surface area contributed by atoms with Crippen molar-refractivity contribution in [1.29, 1.82) is 0 Å². The summed E-state index contributed by atoms with van der Waals surface area (Å²) in [5.41, 5.74) is 8.40. The van der Waals surface area contributed by atoms with E-state index >= 15 is 0 Å². The Morgan fingerprint density at radius 3 is 2.59 bits per heavy atom. The van der Waals surface area contributed by atoms with Gasteiger partial charge in [-0.2, -0.15) is 4.99 Å². The molecule has 1 aromatic carbocycles. The van der Waals surface area contributed by atoms with Crippen LogP contribution in [-0.2, 0) is 27.0 Å². The van der Waals surface area contributed by atoms with E-state index in [4.69, 9.17) is 24.5 Å². The van der Waals surface area contributed by atoms with Gasteiger partial charge in [0.15, 0.2) is 11.7 Å². The molecule has 2 N–H and O–H groups in total. The molecule has 3 aromatic rings. The molecule has 9 heteroatoms. The number of ether oxygens (including phenoxy) is 3. The van der Waals surface area contributed by atoms with Gasteiger partial charge in [0, 0.05) is 51.3 Å². The minimum atomic E-state index is -1.25. The summed E-state index contributed by atoms with van der Waals surface area (Å²) in [5, 5.41) is 5.24. The van der Waals surface area contributed by atoms with Gasteiger partial charge in [0.05, 0.1) is 18.9 Å². The van der Waals surface area contributed by atoms with Crippen LogP contribution < -0.4 is 5.73 Å². The van der Waals surface area contributed by atoms with Gasteiger partial charge in [0.25, 0.3) is 11.7 Å². The van der Waals surface area contributed by atoms with Crippen LogP contribution in [0, 0.1) is 0 Å². The summed E-state index contributed by atoms with van der Waals surface area (Å²) < 4.78 is 24.4. The van der Waals surface area contributed by atoms with Crippen molar-refractivity contribution in [3.05, 3.63) is 47.8 Å². The Hall–Kier alpha value is -2.88. The monoisotopic (exact) mass is 399 g/mol. The number of methoxy groups -OCH3 is 2. The quantitative estimate of drug-likeness (QED) is 0.397. The molecule has 4 rings (SSSR count). The van der Waals surface area contributed by atoms with E-state index in [1.54, 1.807) is 20.3 Å². The second-order valence-corrected chi connectivity index (χ2v) is 6.79. The van der Waals surface area contributed by atoms with Gasteiger partial charge in [-0.3, -0.25) is 0 Å². The molecule has 1 fully saturated rings. The number of guanidine groups is 1. The lowest BCUT2D eigenvalue weighted by molar-refractivity contribution is -0.191. The predicted octanol–water partition coefficient (Wildman–Crippen LogP) is 1.94. The summed E-state index contributed by atoms with van der Waals surface area (Å²) >= 11 is 0. The standard InChI is InChI=1S/C20H25N5O4/c1-24-15-7-5-4-6-14(15)12-17(24)20(26-2,27-3)16-13-18(29-23-16)22-19(21)25-8-10-28-11-9-25/h4-7,12-13H,8-11H2,1-3H3,(H2,21,22). The van der Waals surface area contributed by atoms with Crippen LogP contribution in [0.5, 0.6) is 0 Å². The van der Waals surface area contributed by atoms with Crippen molar-refractivity contribution in [1.82, 2.24) is 14.6 Å². The first kappa shape index (κ1) is 19.4. The van der Waals surface area contributed by atoms with Gasteiger partial charge in [-0.25, -0.2) is 0 Å². The van der Waals surface area contributed by atoms with Gasteiger partial charge >= 0.3 is 0 Å². The second kappa shape index (κ2) is 7.86. The summed E-state index contributed by atoms with van der Waals surface area (Å²) in [5.74, 6) is -0.610. The highest BCUT2D eigenvalue weighted by atomic mass is 16.7. The van der Waals surface area contributed by atoms with Crippen LogP contribution in [0.3, 0.4) is 0 Å². The third-order valence-electron chi connectivity index (χ3n) is 5.26. The fourth-order valence-electron chi connectivity index (χ4n) is 3.69. The van der Waals surface area contributed by atoms with Gasteiger partial charge in [0.1, 0.15) is 0 Å². The first-order chi connectivity index (χ1) is 14.1. The Bertz CT molecular complexity index is 1010. The maximum absolute atomic E-state index is 6.12. The number of aliphatic imine (C=N–C) groups is 1. The lowest BCUT2D eigenvalue weighted by atomic mass is 10.1. The first-order valence-electron chi connectivity index (χ1n) is 9.38. The number of morpholine rings is 1. The number of aromatic nitrogens is 2. The molecule has 2 aromatic heterocycles. The van der Waals surface area contributed by atoms with Crippen molar-refractivity contribution >= 4 is 22.7 Å². The average Bonchev–Trinajstić information content (AvgIpc) is 3.36. The van der Waals surface area contributed by atoms with Crippen LogP contribution in [0.1, 0.15) is 11.4 Å².